The Kier molecular flexibility index (Phi) is 22.5. The first-order chi connectivity index (χ1) is 15.6. The molecule has 1 N–H and O–H groups in total. The molecule has 0 aromatic heterocycles. The van der Waals surface area contributed by atoms with Crippen LogP contribution >= 0.6 is 23.2 Å². The van der Waals surface area contributed by atoms with Crippen LogP contribution in [0.3, 0.4) is 0 Å². The second kappa shape index (κ2) is 22.5. The predicted octanol–water partition coefficient (Wildman–Crippen LogP) is 5.40. The molecule has 0 saturated carbocycles. The summed E-state index contributed by atoms with van der Waals surface area (Å²) < 4.78 is 6.00. The van der Waals surface area contributed by atoms with Crippen LogP contribution in [-0.4, -0.2) is 26.2 Å². The SMILES string of the molecule is CCCCCCCCCCCC(CCCC[NH+](CC)CC)CCOc1ccc(Cl)c(Cl)c1.[Br-]. The van der Waals surface area contributed by atoms with Crippen molar-refractivity contribution in [1.29, 1.82) is 0 Å². The molecule has 0 aliphatic carbocycles. The van der Waals surface area contributed by atoms with Crippen LogP contribution in [0, 0.1) is 5.92 Å². The average Bonchev–Trinajstić information content (AvgIpc) is 2.80. The van der Waals surface area contributed by atoms with Gasteiger partial charge in [0.05, 0.1) is 36.3 Å². The number of hydrogen-bond acceptors (Lipinski definition) is 1. The molecule has 1 aromatic carbocycles. The number of quaternary nitrogens is 1. The van der Waals surface area contributed by atoms with Crippen LogP contribution in [0.1, 0.15) is 111 Å². The summed E-state index contributed by atoms with van der Waals surface area (Å²) in [6.45, 7) is 11.5. The molecule has 5 heteroatoms. The zero-order valence-corrected chi connectivity index (χ0v) is 24.7. The van der Waals surface area contributed by atoms with Crippen molar-refractivity contribution >= 4 is 23.2 Å². The first-order valence-electron chi connectivity index (χ1n) is 13.5. The highest BCUT2D eigenvalue weighted by molar-refractivity contribution is 6.42. The summed E-state index contributed by atoms with van der Waals surface area (Å²) in [5, 5.41) is 1.15. The molecule has 0 radical (unpaired) electrons. The largest absolute Gasteiger partial charge is 1.00 e. The minimum absolute atomic E-state index is 0. The zero-order chi connectivity index (χ0) is 23.4. The number of nitrogens with one attached hydrogen (secondary N) is 1. The Bertz CT molecular complexity index is 569. The van der Waals surface area contributed by atoms with E-state index >= 15 is 0 Å². The van der Waals surface area contributed by atoms with E-state index in [1.165, 1.54) is 103 Å². The third kappa shape index (κ3) is 17.2. The van der Waals surface area contributed by atoms with Gasteiger partial charge in [0.15, 0.2) is 0 Å². The van der Waals surface area contributed by atoms with Gasteiger partial charge in [-0.3, -0.25) is 0 Å². The van der Waals surface area contributed by atoms with Crippen molar-refractivity contribution in [2.24, 2.45) is 5.92 Å². The highest BCUT2D eigenvalue weighted by atomic mass is 79.9. The summed E-state index contributed by atoms with van der Waals surface area (Å²) in [5.74, 6) is 1.60. The van der Waals surface area contributed by atoms with Gasteiger partial charge in [0.25, 0.3) is 0 Å². The van der Waals surface area contributed by atoms with Crippen molar-refractivity contribution in [3.63, 3.8) is 0 Å². The van der Waals surface area contributed by atoms with E-state index in [0.29, 0.717) is 10.0 Å². The molecule has 0 fully saturated rings. The lowest BCUT2D eigenvalue weighted by Gasteiger charge is -2.19. The third-order valence-electron chi connectivity index (χ3n) is 6.79. The number of hydrogen-bond donors (Lipinski definition) is 1. The van der Waals surface area contributed by atoms with Gasteiger partial charge in [-0.2, -0.15) is 0 Å². The van der Waals surface area contributed by atoms with Gasteiger partial charge in [-0.15, -0.1) is 0 Å². The fourth-order valence-corrected chi connectivity index (χ4v) is 4.79. The maximum absolute atomic E-state index is 6.12. The Hall–Kier alpha value is 0.0400. The second-order valence-corrected chi connectivity index (χ2v) is 10.2. The van der Waals surface area contributed by atoms with Gasteiger partial charge in [-0.25, -0.2) is 0 Å². The minimum atomic E-state index is 0. The average molecular weight is 568 g/mol. The van der Waals surface area contributed by atoms with Crippen molar-refractivity contribution < 1.29 is 26.6 Å². The minimum Gasteiger partial charge on any atom is -1.00 e. The Morgan fingerprint density at radius 1 is 0.727 bits per heavy atom. The van der Waals surface area contributed by atoms with Crippen LogP contribution in [0.15, 0.2) is 18.2 Å². The van der Waals surface area contributed by atoms with Crippen molar-refractivity contribution in [3.8, 4) is 5.75 Å². The normalized spacial score (nSPS) is 12.1. The molecule has 33 heavy (non-hydrogen) atoms. The molecule has 0 aliphatic rings. The van der Waals surface area contributed by atoms with Gasteiger partial charge >= 0.3 is 0 Å². The van der Waals surface area contributed by atoms with Crippen molar-refractivity contribution in [2.75, 3.05) is 26.2 Å². The quantitative estimate of drug-likeness (QED) is 0.197. The molecular weight excluding hydrogens is 517 g/mol. The lowest BCUT2D eigenvalue weighted by Crippen LogP contribution is -3.11. The highest BCUT2D eigenvalue weighted by Crippen LogP contribution is 2.27. The molecule has 0 amide bonds. The summed E-state index contributed by atoms with van der Waals surface area (Å²) >= 11 is 12.1. The standard InChI is InChI=1S/C28H49Cl2NO.BrH/c1-4-7-8-9-10-11-12-13-14-17-25(18-15-16-22-31(5-2)6-3)21-23-32-26-19-20-27(29)28(30)24-26;/h19-20,24-25H,4-18,21-23H2,1-3H3;1H. The molecule has 1 unspecified atom stereocenters. The van der Waals surface area contributed by atoms with Crippen LogP contribution in [0.25, 0.3) is 0 Å². The maximum atomic E-state index is 6.12. The lowest BCUT2D eigenvalue weighted by atomic mass is 9.92. The van der Waals surface area contributed by atoms with E-state index in [0.717, 1.165) is 24.7 Å². The molecule has 2 nitrogen and oxygen atoms in total. The van der Waals surface area contributed by atoms with Crippen LogP contribution in [0.4, 0.5) is 0 Å². The monoisotopic (exact) mass is 565 g/mol. The van der Waals surface area contributed by atoms with Crippen LogP contribution in [-0.2, 0) is 0 Å². The summed E-state index contributed by atoms with van der Waals surface area (Å²) in [6, 6.07) is 5.55. The van der Waals surface area contributed by atoms with Crippen LogP contribution in [0.2, 0.25) is 10.0 Å². The fourth-order valence-electron chi connectivity index (χ4n) is 4.50. The Morgan fingerprint density at radius 3 is 1.88 bits per heavy atom. The summed E-state index contributed by atoms with van der Waals surface area (Å²) in [5.41, 5.74) is 0. The van der Waals surface area contributed by atoms with Gasteiger partial charge in [-0.05, 0) is 51.2 Å². The molecule has 1 aromatic rings. The van der Waals surface area contributed by atoms with Crippen LogP contribution < -0.4 is 26.6 Å². The predicted molar refractivity (Wildman–Crippen MR) is 143 cm³/mol. The molecular formula is C28H50BrCl2NO. The van der Waals surface area contributed by atoms with E-state index in [-0.39, 0.29) is 17.0 Å². The zero-order valence-electron chi connectivity index (χ0n) is 21.6. The van der Waals surface area contributed by atoms with E-state index < -0.39 is 0 Å². The molecule has 194 valence electrons. The molecule has 0 heterocycles. The number of halogens is 3. The topological polar surface area (TPSA) is 13.7 Å². The van der Waals surface area contributed by atoms with Gasteiger partial charge in [-0.1, -0.05) is 101 Å². The second-order valence-electron chi connectivity index (χ2n) is 9.40. The molecule has 1 atom stereocenters. The number of ether oxygens (including phenoxy) is 1. The number of unbranched alkanes of at least 4 members (excludes halogenated alkanes) is 9. The lowest BCUT2D eigenvalue weighted by molar-refractivity contribution is -0.896. The van der Waals surface area contributed by atoms with E-state index in [4.69, 9.17) is 27.9 Å². The van der Waals surface area contributed by atoms with Gasteiger partial charge in [0.2, 0.25) is 0 Å². The highest BCUT2D eigenvalue weighted by Gasteiger charge is 2.11. The van der Waals surface area contributed by atoms with E-state index in [1.54, 1.807) is 4.90 Å². The smallest absolute Gasteiger partial charge is 0.120 e. The van der Waals surface area contributed by atoms with Crippen molar-refractivity contribution in [2.45, 2.75) is 111 Å². The Balaban J connectivity index is 0.0000102. The summed E-state index contributed by atoms with van der Waals surface area (Å²) in [4.78, 5) is 1.73. The molecule has 0 aliphatic heterocycles. The molecule has 1 rings (SSSR count). The van der Waals surface area contributed by atoms with Crippen molar-refractivity contribution in [1.82, 2.24) is 0 Å². The van der Waals surface area contributed by atoms with Gasteiger partial charge in [0.1, 0.15) is 5.75 Å². The Morgan fingerprint density at radius 2 is 1.30 bits per heavy atom. The van der Waals surface area contributed by atoms with Gasteiger partial charge < -0.3 is 26.6 Å². The third-order valence-corrected chi connectivity index (χ3v) is 7.53. The maximum Gasteiger partial charge on any atom is 0.120 e. The number of rotatable bonds is 21. The summed E-state index contributed by atoms with van der Waals surface area (Å²) in [7, 11) is 0. The molecule has 0 saturated heterocycles. The summed E-state index contributed by atoms with van der Waals surface area (Å²) in [6.07, 6.45) is 19.1. The first kappa shape index (κ1) is 33.0. The Labute approximate surface area is 225 Å². The molecule has 0 bridgehead atoms. The first-order valence-corrected chi connectivity index (χ1v) is 14.3. The van der Waals surface area contributed by atoms with Crippen molar-refractivity contribution in [3.05, 3.63) is 28.2 Å². The van der Waals surface area contributed by atoms with Gasteiger partial charge in [0, 0.05) is 6.07 Å². The van der Waals surface area contributed by atoms with Crippen LogP contribution in [0.5, 0.6) is 5.75 Å². The molecule has 0 spiro atoms. The van der Waals surface area contributed by atoms with E-state index in [1.807, 2.05) is 18.2 Å². The van der Waals surface area contributed by atoms with E-state index in [9.17, 15) is 0 Å². The van der Waals surface area contributed by atoms with E-state index in [2.05, 4.69) is 20.8 Å². The number of benzene rings is 1. The fraction of sp³-hybridized carbons (Fsp3) is 0.786.